The molecule has 1 aliphatic heterocycles. The van der Waals surface area contributed by atoms with Crippen LogP contribution in [0.1, 0.15) is 38.3 Å². The highest BCUT2D eigenvalue weighted by molar-refractivity contribution is 5.75. The molecule has 0 aliphatic carbocycles. The van der Waals surface area contributed by atoms with Crippen molar-refractivity contribution in [1.82, 2.24) is 10.2 Å². The maximum Gasteiger partial charge on any atom is 0.318 e. The largest absolute Gasteiger partial charge is 0.396 e. The lowest BCUT2D eigenvalue weighted by molar-refractivity contribution is -0.0548. The van der Waals surface area contributed by atoms with Gasteiger partial charge in [0.2, 0.25) is 0 Å². The van der Waals surface area contributed by atoms with E-state index in [2.05, 4.69) is 5.32 Å². The molecular weight excluding hydrogens is 280 g/mol. The zero-order valence-electron chi connectivity index (χ0n) is 13.4. The van der Waals surface area contributed by atoms with Gasteiger partial charge < -0.3 is 20.1 Å². The van der Waals surface area contributed by atoms with Crippen molar-refractivity contribution in [2.75, 3.05) is 19.7 Å². The number of amides is 2. The van der Waals surface area contributed by atoms with E-state index in [-0.39, 0.29) is 30.9 Å². The van der Waals surface area contributed by atoms with Crippen molar-refractivity contribution >= 4 is 6.03 Å². The molecule has 3 unspecified atom stereocenters. The van der Waals surface area contributed by atoms with Crippen LogP contribution in [-0.4, -0.2) is 47.9 Å². The van der Waals surface area contributed by atoms with E-state index in [0.717, 1.165) is 12.0 Å². The highest BCUT2D eigenvalue weighted by Crippen LogP contribution is 2.19. The van der Waals surface area contributed by atoms with Crippen LogP contribution in [0.4, 0.5) is 4.79 Å². The second-order valence-electron chi connectivity index (χ2n) is 5.94. The summed E-state index contributed by atoms with van der Waals surface area (Å²) in [6, 6.07) is 9.76. The van der Waals surface area contributed by atoms with Crippen LogP contribution in [0.25, 0.3) is 0 Å². The fraction of sp³-hybridized carbons (Fsp3) is 0.588. The van der Waals surface area contributed by atoms with Gasteiger partial charge in [-0.2, -0.15) is 0 Å². The molecule has 0 bridgehead atoms. The van der Waals surface area contributed by atoms with Crippen LogP contribution < -0.4 is 5.32 Å². The van der Waals surface area contributed by atoms with Crippen molar-refractivity contribution < 1.29 is 14.6 Å². The Hall–Kier alpha value is -1.59. The third kappa shape index (κ3) is 4.71. The highest BCUT2D eigenvalue weighted by atomic mass is 16.5. The number of benzene rings is 1. The summed E-state index contributed by atoms with van der Waals surface area (Å²) in [6.07, 6.45) is 1.50. The molecule has 0 aromatic heterocycles. The fourth-order valence-electron chi connectivity index (χ4n) is 2.89. The Morgan fingerprint density at radius 3 is 2.55 bits per heavy atom. The average Bonchev–Trinajstić information content (AvgIpc) is 2.51. The topological polar surface area (TPSA) is 61.8 Å². The van der Waals surface area contributed by atoms with Gasteiger partial charge in [-0.15, -0.1) is 0 Å². The number of nitrogens with one attached hydrogen (secondary N) is 1. The number of hydrogen-bond donors (Lipinski definition) is 2. The minimum Gasteiger partial charge on any atom is -0.396 e. The summed E-state index contributed by atoms with van der Waals surface area (Å²) in [4.78, 5) is 14.3. The second-order valence-corrected chi connectivity index (χ2v) is 5.94. The average molecular weight is 306 g/mol. The first-order valence-electron chi connectivity index (χ1n) is 7.97. The van der Waals surface area contributed by atoms with Gasteiger partial charge >= 0.3 is 6.03 Å². The summed E-state index contributed by atoms with van der Waals surface area (Å²) in [5.41, 5.74) is 1.07. The van der Waals surface area contributed by atoms with Crippen LogP contribution in [-0.2, 0) is 4.74 Å². The number of carbonyl (C=O) groups is 1. The number of aliphatic hydroxyl groups excluding tert-OH is 1. The molecule has 0 saturated carbocycles. The quantitative estimate of drug-likeness (QED) is 0.877. The number of hydrogen-bond acceptors (Lipinski definition) is 3. The predicted molar refractivity (Wildman–Crippen MR) is 85.6 cm³/mol. The molecule has 22 heavy (non-hydrogen) atoms. The molecule has 1 heterocycles. The lowest BCUT2D eigenvalue weighted by atomic mass is 10.0. The van der Waals surface area contributed by atoms with Crippen LogP contribution in [0.5, 0.6) is 0 Å². The summed E-state index contributed by atoms with van der Waals surface area (Å²) in [7, 11) is 0. The molecule has 1 aromatic carbocycles. The number of aliphatic hydroxyl groups is 1. The first-order valence-corrected chi connectivity index (χ1v) is 7.97. The first kappa shape index (κ1) is 16.8. The van der Waals surface area contributed by atoms with Gasteiger partial charge in [0.05, 0.1) is 18.2 Å². The minimum absolute atomic E-state index is 0.0575. The zero-order valence-corrected chi connectivity index (χ0v) is 13.4. The number of urea groups is 1. The van der Waals surface area contributed by atoms with Crippen molar-refractivity contribution in [3.8, 4) is 0 Å². The first-order chi connectivity index (χ1) is 10.6. The summed E-state index contributed by atoms with van der Waals surface area (Å²) in [5.74, 6) is 0. The monoisotopic (exact) mass is 306 g/mol. The number of carbonyl (C=O) groups excluding carboxylic acids is 1. The minimum atomic E-state index is -0.0747. The van der Waals surface area contributed by atoms with Crippen molar-refractivity contribution in [2.24, 2.45) is 0 Å². The van der Waals surface area contributed by atoms with Crippen LogP contribution in [0.15, 0.2) is 30.3 Å². The van der Waals surface area contributed by atoms with Gasteiger partial charge in [0.25, 0.3) is 0 Å². The fourth-order valence-corrected chi connectivity index (χ4v) is 2.89. The molecular formula is C17H26N2O3. The molecule has 2 amide bonds. The van der Waals surface area contributed by atoms with Crippen molar-refractivity contribution in [1.29, 1.82) is 0 Å². The molecule has 0 radical (unpaired) electrons. The zero-order chi connectivity index (χ0) is 15.9. The highest BCUT2D eigenvalue weighted by Gasteiger charge is 2.27. The van der Waals surface area contributed by atoms with E-state index in [0.29, 0.717) is 19.5 Å². The summed E-state index contributed by atoms with van der Waals surface area (Å²) in [6.45, 7) is 5.31. The van der Waals surface area contributed by atoms with E-state index in [9.17, 15) is 4.79 Å². The molecule has 1 aromatic rings. The molecule has 1 saturated heterocycles. The Balaban J connectivity index is 2.01. The number of nitrogens with zero attached hydrogens (tertiary/aromatic N) is 1. The normalized spacial score (nSPS) is 23.1. The smallest absolute Gasteiger partial charge is 0.318 e. The summed E-state index contributed by atoms with van der Waals surface area (Å²) >= 11 is 0. The van der Waals surface area contributed by atoms with Crippen LogP contribution in [0.3, 0.4) is 0 Å². The van der Waals surface area contributed by atoms with Gasteiger partial charge in [-0.1, -0.05) is 30.3 Å². The molecule has 5 heteroatoms. The second kappa shape index (κ2) is 8.15. The van der Waals surface area contributed by atoms with Crippen LogP contribution >= 0.6 is 0 Å². The van der Waals surface area contributed by atoms with E-state index in [1.54, 1.807) is 0 Å². The third-order valence-corrected chi connectivity index (χ3v) is 3.86. The molecule has 5 nitrogen and oxygen atoms in total. The molecule has 1 aliphatic rings. The van der Waals surface area contributed by atoms with E-state index in [1.807, 2.05) is 49.1 Å². The third-order valence-electron chi connectivity index (χ3n) is 3.86. The Labute approximate surface area is 132 Å². The Morgan fingerprint density at radius 1 is 1.32 bits per heavy atom. The van der Waals surface area contributed by atoms with E-state index >= 15 is 0 Å². The maximum absolute atomic E-state index is 12.5. The van der Waals surface area contributed by atoms with Gasteiger partial charge in [0, 0.05) is 19.7 Å². The molecule has 122 valence electrons. The number of rotatable bonds is 5. The van der Waals surface area contributed by atoms with Gasteiger partial charge in [0.15, 0.2) is 0 Å². The molecule has 3 atom stereocenters. The van der Waals surface area contributed by atoms with Gasteiger partial charge in [-0.25, -0.2) is 4.79 Å². The Morgan fingerprint density at radius 2 is 1.95 bits per heavy atom. The molecule has 1 fully saturated rings. The number of morpholine rings is 1. The van der Waals surface area contributed by atoms with E-state index in [1.165, 1.54) is 0 Å². The molecule has 2 N–H and O–H groups in total. The molecule has 0 spiro atoms. The van der Waals surface area contributed by atoms with E-state index in [4.69, 9.17) is 9.84 Å². The number of ether oxygens (including phenoxy) is 1. The SMILES string of the molecule is CC1CN(C(=O)NC(CCCO)c2ccccc2)CC(C)O1. The lowest BCUT2D eigenvalue weighted by Gasteiger charge is -2.36. The predicted octanol–water partition coefficient (Wildman–Crippen LogP) is 2.32. The Kier molecular flexibility index (Phi) is 6.21. The lowest BCUT2D eigenvalue weighted by Crippen LogP contribution is -2.52. The van der Waals surface area contributed by atoms with Crippen molar-refractivity contribution in [3.05, 3.63) is 35.9 Å². The van der Waals surface area contributed by atoms with Gasteiger partial charge in [0.1, 0.15) is 0 Å². The maximum atomic E-state index is 12.5. The van der Waals surface area contributed by atoms with E-state index < -0.39 is 0 Å². The van der Waals surface area contributed by atoms with Gasteiger partial charge in [-0.05, 0) is 32.3 Å². The summed E-state index contributed by atoms with van der Waals surface area (Å²) in [5, 5.41) is 12.2. The van der Waals surface area contributed by atoms with Crippen LogP contribution in [0, 0.1) is 0 Å². The van der Waals surface area contributed by atoms with Crippen molar-refractivity contribution in [2.45, 2.75) is 44.9 Å². The van der Waals surface area contributed by atoms with Crippen LogP contribution in [0.2, 0.25) is 0 Å². The Bertz CT molecular complexity index is 456. The summed E-state index contributed by atoms with van der Waals surface area (Å²) < 4.78 is 5.67. The molecule has 2 rings (SSSR count). The van der Waals surface area contributed by atoms with Gasteiger partial charge in [-0.3, -0.25) is 0 Å². The van der Waals surface area contributed by atoms with Crippen molar-refractivity contribution in [3.63, 3.8) is 0 Å². The standard InChI is InChI=1S/C17H26N2O3/c1-13-11-19(12-14(2)22-13)17(21)18-16(9-6-10-20)15-7-4-3-5-8-15/h3-5,7-8,13-14,16,20H,6,9-12H2,1-2H3,(H,18,21).